The number of allylic oxidation sites excluding steroid dienone is 7. The van der Waals surface area contributed by atoms with Crippen LogP contribution in [0, 0.1) is 5.92 Å². The summed E-state index contributed by atoms with van der Waals surface area (Å²) < 4.78 is 0.980. The van der Waals surface area contributed by atoms with Crippen LogP contribution in [0.2, 0.25) is 0 Å². The van der Waals surface area contributed by atoms with E-state index in [-0.39, 0.29) is 23.9 Å². The van der Waals surface area contributed by atoms with Gasteiger partial charge in [0.05, 0.1) is 6.04 Å². The average Bonchev–Trinajstić information content (AvgIpc) is 2.95. The number of amides is 2. The van der Waals surface area contributed by atoms with Gasteiger partial charge in [-0.15, -0.1) is 0 Å². The third-order valence-electron chi connectivity index (χ3n) is 6.20. The summed E-state index contributed by atoms with van der Waals surface area (Å²) >= 11 is 3.48. The van der Waals surface area contributed by atoms with E-state index in [1.807, 2.05) is 35.3 Å². The highest BCUT2D eigenvalue weighted by molar-refractivity contribution is 9.11. The van der Waals surface area contributed by atoms with Gasteiger partial charge in [-0.3, -0.25) is 9.59 Å². The number of carbonyl (C=O) groups excluding carboxylic acids is 2. The molecular weight excluding hydrogens is 480 g/mol. The Balaban J connectivity index is 2.04. The van der Waals surface area contributed by atoms with Gasteiger partial charge in [0, 0.05) is 35.7 Å². The van der Waals surface area contributed by atoms with Gasteiger partial charge in [0.2, 0.25) is 5.91 Å². The van der Waals surface area contributed by atoms with Crippen LogP contribution in [0.5, 0.6) is 0 Å². The van der Waals surface area contributed by atoms with Gasteiger partial charge in [0.25, 0.3) is 5.91 Å². The SMILES string of the molecule is C=C1/C=C\C(Br)=C/C/C=C\C(C(=O)NC[C@@H]2CCN(CC(CC)CC)C(=O)[C@H](CCN)N2)=C/1. The number of hydrogen-bond donors (Lipinski definition) is 3. The molecule has 182 valence electrons. The third kappa shape index (κ3) is 9.07. The molecule has 1 heterocycles. The molecule has 1 fully saturated rings. The topological polar surface area (TPSA) is 87.5 Å². The summed E-state index contributed by atoms with van der Waals surface area (Å²) in [7, 11) is 0. The van der Waals surface area contributed by atoms with E-state index in [1.54, 1.807) is 6.08 Å². The molecule has 0 bridgehead atoms. The molecule has 2 atom stereocenters. The summed E-state index contributed by atoms with van der Waals surface area (Å²) in [6, 6.07) is -0.302. The van der Waals surface area contributed by atoms with Crippen LogP contribution in [0.1, 0.15) is 46.0 Å². The molecule has 2 aliphatic rings. The molecule has 0 spiro atoms. The van der Waals surface area contributed by atoms with Gasteiger partial charge >= 0.3 is 0 Å². The summed E-state index contributed by atoms with van der Waals surface area (Å²) in [5.74, 6) is 0.486. The van der Waals surface area contributed by atoms with Gasteiger partial charge in [-0.1, -0.05) is 73.5 Å². The lowest BCUT2D eigenvalue weighted by molar-refractivity contribution is -0.133. The summed E-state index contributed by atoms with van der Waals surface area (Å²) in [6.07, 6.45) is 15.6. The lowest BCUT2D eigenvalue weighted by Crippen LogP contribution is -2.50. The molecule has 0 aromatic rings. The highest BCUT2D eigenvalue weighted by atomic mass is 79.9. The van der Waals surface area contributed by atoms with Crippen LogP contribution in [-0.2, 0) is 9.59 Å². The summed E-state index contributed by atoms with van der Waals surface area (Å²) in [4.78, 5) is 28.0. The van der Waals surface area contributed by atoms with Gasteiger partial charge in [0.1, 0.15) is 0 Å². The van der Waals surface area contributed by atoms with Crippen molar-refractivity contribution in [2.75, 3.05) is 26.2 Å². The first kappa shape index (κ1) is 27.3. The summed E-state index contributed by atoms with van der Waals surface area (Å²) in [5, 5.41) is 6.50. The van der Waals surface area contributed by atoms with Crippen LogP contribution in [0.3, 0.4) is 0 Å². The van der Waals surface area contributed by atoms with E-state index in [4.69, 9.17) is 5.73 Å². The Hall–Kier alpha value is -1.96. The number of hydrogen-bond acceptors (Lipinski definition) is 4. The molecule has 4 N–H and O–H groups in total. The predicted molar refractivity (Wildman–Crippen MR) is 140 cm³/mol. The van der Waals surface area contributed by atoms with Crippen molar-refractivity contribution in [1.29, 1.82) is 0 Å². The number of nitrogens with one attached hydrogen (secondary N) is 2. The van der Waals surface area contributed by atoms with Gasteiger partial charge in [-0.2, -0.15) is 0 Å². The van der Waals surface area contributed by atoms with Crippen LogP contribution in [0.25, 0.3) is 0 Å². The molecular formula is C26H39BrN4O2. The average molecular weight is 520 g/mol. The number of rotatable bonds is 9. The van der Waals surface area contributed by atoms with Crippen molar-refractivity contribution in [1.82, 2.24) is 15.5 Å². The molecule has 0 aromatic carbocycles. The summed E-state index contributed by atoms with van der Waals surface area (Å²) in [5.41, 5.74) is 7.10. The van der Waals surface area contributed by atoms with Crippen LogP contribution in [0.4, 0.5) is 0 Å². The zero-order valence-corrected chi connectivity index (χ0v) is 21.6. The zero-order valence-electron chi connectivity index (χ0n) is 20.0. The summed E-state index contributed by atoms with van der Waals surface area (Å²) in [6.45, 7) is 10.7. The minimum Gasteiger partial charge on any atom is -0.350 e. The normalized spacial score (nSPS) is 27.2. The highest BCUT2D eigenvalue weighted by Crippen LogP contribution is 2.17. The Bertz CT molecular complexity index is 811. The second-order valence-corrected chi connectivity index (χ2v) is 9.61. The second kappa shape index (κ2) is 14.3. The molecule has 7 heteroatoms. The van der Waals surface area contributed by atoms with Crippen LogP contribution >= 0.6 is 15.9 Å². The number of nitrogens with zero attached hydrogens (tertiary/aromatic N) is 1. The van der Waals surface area contributed by atoms with Gasteiger partial charge < -0.3 is 21.3 Å². The Morgan fingerprint density at radius 1 is 1.33 bits per heavy atom. The second-order valence-electron chi connectivity index (χ2n) is 8.69. The Morgan fingerprint density at radius 3 is 2.79 bits per heavy atom. The smallest absolute Gasteiger partial charge is 0.251 e. The fourth-order valence-electron chi connectivity index (χ4n) is 4.04. The van der Waals surface area contributed by atoms with E-state index in [1.165, 1.54) is 0 Å². The molecule has 2 amide bonds. The molecule has 1 saturated heterocycles. The minimum atomic E-state index is -0.309. The standard InChI is InChI=1S/C26H39BrN4O2/c1-4-20(5-2)18-31-15-13-23(30-24(12-14-28)26(31)33)17-29-25(32)21-8-6-7-9-22(27)11-10-19(3)16-21/h6,8-11,16,20,23-24,30H,3-5,7,12-15,17-18,28H2,1-2H3,(H,29,32)/b8-6-,11-10-,21-16+,22-9+/t23-,24-/m0/s1. The van der Waals surface area contributed by atoms with Crippen molar-refractivity contribution in [3.8, 4) is 0 Å². The van der Waals surface area contributed by atoms with Crippen LogP contribution in [0.15, 0.2) is 58.7 Å². The molecule has 2 rings (SSSR count). The molecule has 0 saturated carbocycles. The molecule has 33 heavy (non-hydrogen) atoms. The Labute approximate surface area is 207 Å². The number of halogens is 1. The van der Waals surface area contributed by atoms with Crippen molar-refractivity contribution >= 4 is 27.7 Å². The third-order valence-corrected chi connectivity index (χ3v) is 6.79. The largest absolute Gasteiger partial charge is 0.350 e. The minimum absolute atomic E-state index is 0.00672. The van der Waals surface area contributed by atoms with Crippen molar-refractivity contribution < 1.29 is 9.59 Å². The van der Waals surface area contributed by atoms with Crippen molar-refractivity contribution in [3.63, 3.8) is 0 Å². The first-order chi connectivity index (χ1) is 15.9. The van der Waals surface area contributed by atoms with E-state index in [0.717, 1.165) is 42.3 Å². The molecule has 0 radical (unpaired) electrons. The first-order valence-electron chi connectivity index (χ1n) is 12.0. The molecule has 6 nitrogen and oxygen atoms in total. The van der Waals surface area contributed by atoms with E-state index >= 15 is 0 Å². The fourth-order valence-corrected chi connectivity index (χ4v) is 4.36. The lowest BCUT2D eigenvalue weighted by atomic mass is 10.0. The highest BCUT2D eigenvalue weighted by Gasteiger charge is 2.31. The van der Waals surface area contributed by atoms with E-state index < -0.39 is 0 Å². The van der Waals surface area contributed by atoms with Gasteiger partial charge in [0.15, 0.2) is 0 Å². The van der Waals surface area contributed by atoms with E-state index in [0.29, 0.717) is 37.5 Å². The predicted octanol–water partition coefficient (Wildman–Crippen LogP) is 3.72. The maximum atomic E-state index is 13.1. The quantitative estimate of drug-likeness (QED) is 0.434. The maximum Gasteiger partial charge on any atom is 0.251 e. The zero-order chi connectivity index (χ0) is 24.2. The Kier molecular flexibility index (Phi) is 11.9. The van der Waals surface area contributed by atoms with E-state index in [2.05, 4.69) is 47.0 Å². The maximum absolute atomic E-state index is 13.1. The first-order valence-corrected chi connectivity index (χ1v) is 12.8. The molecule has 1 aliphatic carbocycles. The Morgan fingerprint density at radius 2 is 2.09 bits per heavy atom. The monoisotopic (exact) mass is 518 g/mol. The molecule has 1 aliphatic heterocycles. The molecule has 0 unspecified atom stereocenters. The fraction of sp³-hybridized carbons (Fsp3) is 0.538. The lowest BCUT2D eigenvalue weighted by Gasteiger charge is -2.27. The number of nitrogens with two attached hydrogens (primary N) is 1. The van der Waals surface area contributed by atoms with Gasteiger partial charge in [-0.05, 0) is 49.5 Å². The van der Waals surface area contributed by atoms with Gasteiger partial charge in [-0.25, -0.2) is 0 Å². The van der Waals surface area contributed by atoms with E-state index in [9.17, 15) is 9.59 Å². The van der Waals surface area contributed by atoms with Crippen molar-refractivity contribution in [3.05, 3.63) is 58.7 Å². The number of carbonyl (C=O) groups is 2. The van der Waals surface area contributed by atoms with Crippen LogP contribution < -0.4 is 16.4 Å². The van der Waals surface area contributed by atoms with Crippen molar-refractivity contribution in [2.45, 2.75) is 58.0 Å². The molecule has 0 aromatic heterocycles. The van der Waals surface area contributed by atoms with Crippen LogP contribution in [-0.4, -0.2) is 55.0 Å². The van der Waals surface area contributed by atoms with Crippen molar-refractivity contribution in [2.24, 2.45) is 11.7 Å².